The van der Waals surface area contributed by atoms with Crippen LogP contribution in [0.4, 0.5) is 0 Å². The Bertz CT molecular complexity index is 3100. The van der Waals surface area contributed by atoms with Gasteiger partial charge in [0.25, 0.3) is 0 Å². The molecule has 27 nitrogen and oxygen atoms in total. The van der Waals surface area contributed by atoms with E-state index in [0.29, 0.717) is 24.0 Å². The van der Waals surface area contributed by atoms with E-state index in [2.05, 4.69) is 65.9 Å². The standard InChI is InChI=1S/C87H151N17O10/c1-7-9-11-13-15-17-19-21-23-25-27-29-31-41-57-103(58-42-32-30-28-26-24-22-20-18-16-14-12-10-8-2)59-43-35-40-54-76(106)102-87(5,6)84(114)101-73(63-67-49-38-34-39-50-67)81(111)99-71(61-65(3)4)79(109)100-72(62-66-47-36-33-37-48-66)80(110)97-69(52-45-56-95-86(92)93)83(113)104-60-46-53-74(104)82(112)96-68(51-44-55-94-85(90)91)78(108)98-70(77(89)107)64-75(88)105/h33-34,36-39,47-50,65,68-74H,7-32,35,40-46,51-64H2,1-6H3,(H2,88,105)(H2,89,107)(H,96,112)(H,97,110)(H,98,108)(H,99,111)(H,100,109)(H,101,114)(H,102,106)(H4,90,91,94)(H4,92,93,95)/t68-,69-,70-,71-,72-,73+,74-/m1/s1. The average Bonchev–Trinajstić information content (AvgIpc) is 1.60. The minimum Gasteiger partial charge on any atom is -0.370 e. The van der Waals surface area contributed by atoms with Gasteiger partial charge < -0.3 is 81.4 Å². The quantitative estimate of drug-likeness (QED) is 0.0166. The molecule has 0 aliphatic carbocycles. The third kappa shape index (κ3) is 45.7. The average molecular weight is 1600 g/mol. The summed E-state index contributed by atoms with van der Waals surface area (Å²) < 4.78 is 0. The van der Waals surface area contributed by atoms with Gasteiger partial charge in [-0.3, -0.25) is 57.9 Å². The lowest BCUT2D eigenvalue weighted by atomic mass is 9.98. The van der Waals surface area contributed by atoms with Gasteiger partial charge in [0, 0.05) is 38.9 Å². The van der Waals surface area contributed by atoms with Crippen LogP contribution in [0.1, 0.15) is 310 Å². The van der Waals surface area contributed by atoms with Crippen molar-refractivity contribution in [1.82, 2.24) is 47.0 Å². The second-order valence-corrected chi connectivity index (χ2v) is 32.5. The van der Waals surface area contributed by atoms with Crippen molar-refractivity contribution in [1.29, 1.82) is 0 Å². The summed E-state index contributed by atoms with van der Waals surface area (Å²) in [6.45, 7) is 14.9. The number of primary amides is 2. The van der Waals surface area contributed by atoms with Gasteiger partial charge in [0.2, 0.25) is 59.1 Å². The van der Waals surface area contributed by atoms with Gasteiger partial charge in [0.05, 0.1) is 6.42 Å². The molecule has 114 heavy (non-hydrogen) atoms. The molecule has 0 unspecified atom stereocenters. The van der Waals surface area contributed by atoms with Gasteiger partial charge in [0.1, 0.15) is 47.8 Å². The summed E-state index contributed by atoms with van der Waals surface area (Å²) in [5, 5.41) is 19.6. The lowest BCUT2D eigenvalue weighted by molar-refractivity contribution is -0.142. The van der Waals surface area contributed by atoms with Crippen LogP contribution in [-0.2, 0) is 60.8 Å². The minimum atomic E-state index is -1.50. The zero-order valence-corrected chi connectivity index (χ0v) is 70.7. The van der Waals surface area contributed by atoms with Crippen molar-refractivity contribution >= 4 is 71.0 Å². The number of nitrogens with zero attached hydrogens (tertiary/aromatic N) is 4. The van der Waals surface area contributed by atoms with Crippen molar-refractivity contribution in [3.05, 3.63) is 71.8 Å². The molecule has 1 saturated heterocycles. The minimum absolute atomic E-state index is 0.0256. The highest BCUT2D eigenvalue weighted by atomic mass is 16.2. The Labute approximate surface area is 683 Å². The Morgan fingerprint density at radius 2 is 0.833 bits per heavy atom. The number of nitrogens with two attached hydrogens (primary N) is 6. The van der Waals surface area contributed by atoms with Gasteiger partial charge in [-0.05, 0) is 121 Å². The fourth-order valence-corrected chi connectivity index (χ4v) is 14.6. The van der Waals surface area contributed by atoms with E-state index < -0.39 is 107 Å². The predicted octanol–water partition coefficient (Wildman–Crippen LogP) is 9.61. The molecular weight excluding hydrogens is 1440 g/mol. The third-order valence-corrected chi connectivity index (χ3v) is 21.3. The summed E-state index contributed by atoms with van der Waals surface area (Å²) in [6.07, 6.45) is 40.3. The molecule has 1 fully saturated rings. The molecule has 1 heterocycles. The van der Waals surface area contributed by atoms with Crippen molar-refractivity contribution < 1.29 is 47.9 Å². The van der Waals surface area contributed by atoms with E-state index in [1.165, 1.54) is 185 Å². The molecule has 7 atom stereocenters. The van der Waals surface area contributed by atoms with Gasteiger partial charge in [-0.25, -0.2) is 0 Å². The topological polar surface area (TPSA) is 442 Å². The van der Waals surface area contributed by atoms with E-state index in [0.717, 1.165) is 32.5 Å². The van der Waals surface area contributed by atoms with Crippen molar-refractivity contribution in [2.45, 2.75) is 359 Å². The Hall–Kier alpha value is -8.36. The molecule has 2 aromatic rings. The first-order valence-electron chi connectivity index (χ1n) is 43.7. The van der Waals surface area contributed by atoms with Crippen molar-refractivity contribution in [2.75, 3.05) is 39.3 Å². The molecule has 10 amide bonds. The number of carbonyl (C=O) groups is 10. The van der Waals surface area contributed by atoms with E-state index in [4.69, 9.17) is 34.4 Å². The molecule has 0 spiro atoms. The zero-order valence-electron chi connectivity index (χ0n) is 70.7. The summed E-state index contributed by atoms with van der Waals surface area (Å²) in [4.78, 5) is 152. The van der Waals surface area contributed by atoms with Gasteiger partial charge >= 0.3 is 0 Å². The van der Waals surface area contributed by atoms with E-state index in [1.807, 2.05) is 44.2 Å². The number of nitrogens with one attached hydrogen (secondary N) is 7. The molecule has 644 valence electrons. The molecule has 0 aromatic heterocycles. The number of carbonyl (C=O) groups excluding carboxylic acids is 10. The number of hydrogen-bond donors (Lipinski definition) is 13. The van der Waals surface area contributed by atoms with Gasteiger partial charge in [-0.15, -0.1) is 0 Å². The van der Waals surface area contributed by atoms with E-state index in [9.17, 15) is 43.2 Å². The second-order valence-electron chi connectivity index (χ2n) is 32.5. The van der Waals surface area contributed by atoms with Gasteiger partial charge in [-0.2, -0.15) is 0 Å². The van der Waals surface area contributed by atoms with Crippen LogP contribution in [0.2, 0.25) is 0 Å². The molecule has 1 aliphatic rings. The molecule has 0 bridgehead atoms. The van der Waals surface area contributed by atoms with Crippen LogP contribution in [0.5, 0.6) is 0 Å². The third-order valence-electron chi connectivity index (χ3n) is 21.3. The van der Waals surface area contributed by atoms with Crippen molar-refractivity contribution in [3.8, 4) is 0 Å². The largest absolute Gasteiger partial charge is 0.370 e. The van der Waals surface area contributed by atoms with Crippen LogP contribution in [-0.4, -0.2) is 168 Å². The fourth-order valence-electron chi connectivity index (χ4n) is 14.6. The monoisotopic (exact) mass is 1590 g/mol. The Balaban J connectivity index is 1.76. The maximum absolute atomic E-state index is 15.0. The summed E-state index contributed by atoms with van der Waals surface area (Å²) in [7, 11) is 0. The first kappa shape index (κ1) is 99.8. The van der Waals surface area contributed by atoms with Crippen LogP contribution in [0.25, 0.3) is 0 Å². The Morgan fingerprint density at radius 1 is 0.456 bits per heavy atom. The number of benzene rings is 2. The molecule has 1 aliphatic heterocycles. The summed E-state index contributed by atoms with van der Waals surface area (Å²) in [5.41, 5.74) is 33.1. The smallest absolute Gasteiger partial charge is 0.245 e. The van der Waals surface area contributed by atoms with Crippen molar-refractivity contribution in [2.24, 2.45) is 50.3 Å². The molecule has 2 aromatic carbocycles. The Kier molecular flexibility index (Phi) is 52.7. The second kappa shape index (κ2) is 60.2. The number of hydrogen-bond acceptors (Lipinski definition) is 13. The van der Waals surface area contributed by atoms with Crippen molar-refractivity contribution in [3.63, 3.8) is 0 Å². The first-order valence-corrected chi connectivity index (χ1v) is 43.7. The maximum Gasteiger partial charge on any atom is 0.245 e. The number of guanidine groups is 2. The first-order chi connectivity index (χ1) is 54.7. The normalized spacial score (nSPS) is 14.4. The number of aliphatic imine (C=N–C) groups is 2. The fraction of sp³-hybridized carbons (Fsp3) is 0.724. The van der Waals surface area contributed by atoms with Crippen LogP contribution < -0.4 is 71.6 Å². The highest BCUT2D eigenvalue weighted by Crippen LogP contribution is 2.23. The van der Waals surface area contributed by atoms with Crippen LogP contribution >= 0.6 is 0 Å². The number of rotatable bonds is 67. The van der Waals surface area contributed by atoms with E-state index >= 15 is 4.79 Å². The van der Waals surface area contributed by atoms with Crippen LogP contribution in [0, 0.1) is 5.92 Å². The molecule has 27 heteroatoms. The zero-order chi connectivity index (χ0) is 83.7. The summed E-state index contributed by atoms with van der Waals surface area (Å²) in [5.74, 6) is -7.92. The lowest BCUT2D eigenvalue weighted by Crippen LogP contribution is -2.62. The van der Waals surface area contributed by atoms with Gasteiger partial charge in [-0.1, -0.05) is 262 Å². The number of unbranched alkanes of at least 4 members (excludes halogenated alkanes) is 28. The summed E-state index contributed by atoms with van der Waals surface area (Å²) in [6, 6.07) is 8.78. The molecule has 3 rings (SSSR count). The maximum atomic E-state index is 15.0. The molecular formula is C87H151N17O10. The van der Waals surface area contributed by atoms with Crippen LogP contribution in [0.15, 0.2) is 70.6 Å². The lowest BCUT2D eigenvalue weighted by Gasteiger charge is -2.31. The SMILES string of the molecule is CCCCCCCCCCCCCCCCN(CCCCCCCCCCCCCCCC)CCCCCC(=O)NC(C)(C)C(=O)N[C@@H](Cc1ccccc1)C(=O)N[C@H](CC(C)C)C(=O)N[C@H](Cc1ccccc1)C(=O)N[C@H](CCCN=C(N)N)C(=O)N1CCC[C@@H]1C(=O)N[C@H](CCCN=C(N)N)C(=O)N[C@H](CC(N)=O)C(N)=O. The molecule has 19 N–H and O–H groups in total. The number of amides is 10. The molecule has 0 saturated carbocycles. The molecule has 0 radical (unpaired) electrons. The number of likely N-dealkylation sites (tertiary alicyclic amines) is 1. The Morgan fingerprint density at radius 3 is 1.25 bits per heavy atom. The van der Waals surface area contributed by atoms with Gasteiger partial charge in [0.15, 0.2) is 11.9 Å². The summed E-state index contributed by atoms with van der Waals surface area (Å²) >= 11 is 0. The van der Waals surface area contributed by atoms with E-state index in [-0.39, 0.29) is 101 Å². The predicted molar refractivity (Wildman–Crippen MR) is 457 cm³/mol. The van der Waals surface area contributed by atoms with E-state index in [1.54, 1.807) is 44.2 Å². The van der Waals surface area contributed by atoms with Crippen LogP contribution in [0.3, 0.4) is 0 Å². The highest BCUT2D eigenvalue weighted by Gasteiger charge is 2.41. The highest BCUT2D eigenvalue weighted by molar-refractivity contribution is 5.99.